The summed E-state index contributed by atoms with van der Waals surface area (Å²) >= 11 is 1.21. The molecule has 0 aromatic heterocycles. The van der Waals surface area contributed by atoms with Crippen LogP contribution in [0.4, 0.5) is 0 Å². The van der Waals surface area contributed by atoms with E-state index in [1.54, 1.807) is 31.1 Å². The third-order valence-electron chi connectivity index (χ3n) is 14.1. The molecule has 0 bridgehead atoms. The molecule has 0 radical (unpaired) electrons. The topological polar surface area (TPSA) is 0 Å². The van der Waals surface area contributed by atoms with Gasteiger partial charge in [-0.3, -0.25) is 0 Å². The second-order valence-corrected chi connectivity index (χ2v) is 57.2. The molecule has 3 aliphatic rings. The Bertz CT molecular complexity index is 696. The molecule has 0 nitrogen and oxygen atoms in total. The summed E-state index contributed by atoms with van der Waals surface area (Å²) in [5, 5.41) is 0. The van der Waals surface area contributed by atoms with Crippen molar-refractivity contribution in [2.45, 2.75) is 264 Å². The summed E-state index contributed by atoms with van der Waals surface area (Å²) in [6.45, 7) is 9.48. The van der Waals surface area contributed by atoms with Crippen molar-refractivity contribution in [2.75, 3.05) is 24.6 Å². The predicted octanol–water partition coefficient (Wildman–Crippen LogP) is 18.9. The van der Waals surface area contributed by atoms with Crippen LogP contribution in [0.1, 0.15) is 252 Å². The number of rotatable bonds is 27. The molecular formula is C46H93BrClPSn. The maximum absolute atomic E-state index is 7.96. The van der Waals surface area contributed by atoms with Crippen molar-refractivity contribution in [3.63, 3.8) is 0 Å². The van der Waals surface area contributed by atoms with E-state index in [0.717, 1.165) is 11.8 Å². The van der Waals surface area contributed by atoms with Crippen molar-refractivity contribution in [1.29, 1.82) is 0 Å². The van der Waals surface area contributed by atoms with E-state index in [-0.39, 0.29) is 0 Å². The maximum atomic E-state index is 7.96. The number of hydrogen-bond donors (Lipinski definition) is 0. The molecule has 0 atom stereocenters. The van der Waals surface area contributed by atoms with Gasteiger partial charge < -0.3 is 0 Å². The summed E-state index contributed by atoms with van der Waals surface area (Å²) in [6, 6.07) is 0. The van der Waals surface area contributed by atoms with E-state index in [4.69, 9.17) is 8.92 Å². The third kappa shape index (κ3) is 17.9. The molecule has 0 spiro atoms. The van der Waals surface area contributed by atoms with Crippen LogP contribution in [0.3, 0.4) is 0 Å². The van der Waals surface area contributed by atoms with Crippen LogP contribution >= 0.6 is 28.9 Å². The zero-order valence-corrected chi connectivity index (χ0v) is 41.1. The van der Waals surface area contributed by atoms with Crippen LogP contribution in [0.15, 0.2) is 0 Å². The van der Waals surface area contributed by atoms with Crippen LogP contribution in [0.25, 0.3) is 0 Å². The number of halogens is 2. The first-order valence-electron chi connectivity index (χ1n) is 23.8. The van der Waals surface area contributed by atoms with Crippen LogP contribution in [0, 0.1) is 0 Å². The molecule has 0 aliphatic heterocycles. The van der Waals surface area contributed by atoms with Gasteiger partial charge in [-0.1, -0.05) is 124 Å². The van der Waals surface area contributed by atoms with E-state index in [0.29, 0.717) is 0 Å². The number of hydrogen-bond acceptors (Lipinski definition) is 0. The predicted molar refractivity (Wildman–Crippen MR) is 242 cm³/mol. The second kappa shape index (κ2) is 29.3. The molecule has 3 rings (SSSR count). The molecule has 0 aromatic rings. The van der Waals surface area contributed by atoms with Crippen molar-refractivity contribution in [1.82, 2.24) is 0 Å². The van der Waals surface area contributed by atoms with Gasteiger partial charge in [0.1, 0.15) is 0 Å². The van der Waals surface area contributed by atoms with Crippen molar-refractivity contribution in [3.05, 3.63) is 0 Å². The average molecular weight is 911 g/mol. The fourth-order valence-electron chi connectivity index (χ4n) is 10.8. The van der Waals surface area contributed by atoms with E-state index in [1.807, 2.05) is 0 Å². The van der Waals surface area contributed by atoms with Gasteiger partial charge >= 0.3 is 143 Å². The van der Waals surface area contributed by atoms with Crippen LogP contribution in [-0.2, 0) is 0 Å². The van der Waals surface area contributed by atoms with E-state index in [1.165, 1.54) is 218 Å². The number of unbranched alkanes of at least 4 members (excludes halogenated alkanes) is 16. The van der Waals surface area contributed by atoms with Gasteiger partial charge in [-0.2, -0.15) is 0 Å². The molecule has 0 unspecified atom stereocenters. The van der Waals surface area contributed by atoms with Gasteiger partial charge in [-0.15, -0.1) is 0 Å². The van der Waals surface area contributed by atoms with Crippen LogP contribution in [0.2, 0.25) is 11.8 Å². The molecule has 4 heteroatoms. The Morgan fingerprint density at radius 1 is 0.380 bits per heavy atom. The molecule has 0 N–H and O–H groups in total. The molecule has 0 saturated heterocycles. The van der Waals surface area contributed by atoms with Gasteiger partial charge in [0.05, 0.1) is 24.6 Å². The SMILES string of the molecule is CCCCCCCCCCCCCCCC[P+](CCCC)(CCCC)CCCC.[Cl][Sn-]([Br])([CH]1CCCCC1)([CH]1CCCCC1)[CH]1CCCCC1. The Hall–Kier alpha value is 2.00. The van der Waals surface area contributed by atoms with E-state index < -0.39 is 20.9 Å². The van der Waals surface area contributed by atoms with E-state index in [2.05, 4.69) is 40.4 Å². The Morgan fingerprint density at radius 2 is 0.620 bits per heavy atom. The summed E-state index contributed by atoms with van der Waals surface area (Å²) < 4.78 is 2.73. The average Bonchev–Trinajstić information content (AvgIpc) is 3.16. The van der Waals surface area contributed by atoms with Gasteiger partial charge in [0.25, 0.3) is 0 Å². The molecule has 50 heavy (non-hydrogen) atoms. The Kier molecular flexibility index (Phi) is 28.2. The van der Waals surface area contributed by atoms with Crippen LogP contribution in [-0.4, -0.2) is 38.3 Å². The van der Waals surface area contributed by atoms with Crippen molar-refractivity contribution < 1.29 is 0 Å². The molecule has 3 aliphatic carbocycles. The van der Waals surface area contributed by atoms with E-state index >= 15 is 0 Å². The summed E-state index contributed by atoms with van der Waals surface area (Å²) in [5.74, 6) is 0. The minimum absolute atomic E-state index is 0.630. The Morgan fingerprint density at radius 3 is 0.900 bits per heavy atom. The zero-order valence-electron chi connectivity index (χ0n) is 35.0. The molecule has 300 valence electrons. The molecule has 0 amide bonds. The Balaban J connectivity index is 0.000000361. The fraction of sp³-hybridized carbons (Fsp3) is 1.00. The van der Waals surface area contributed by atoms with Gasteiger partial charge in [-0.25, -0.2) is 0 Å². The van der Waals surface area contributed by atoms with Crippen LogP contribution < -0.4 is 0 Å². The summed E-state index contributed by atoms with van der Waals surface area (Å²) in [4.78, 5) is 0. The molecule has 0 heterocycles. The van der Waals surface area contributed by atoms with Gasteiger partial charge in [-0.05, 0) is 32.1 Å². The second-order valence-electron chi connectivity index (χ2n) is 18.1. The van der Waals surface area contributed by atoms with Gasteiger partial charge in [0.2, 0.25) is 0 Å². The first kappa shape index (κ1) is 48.1. The van der Waals surface area contributed by atoms with Gasteiger partial charge in [0, 0.05) is 7.26 Å². The monoisotopic (exact) mass is 910 g/mol. The molecular weight excluding hydrogens is 818 g/mol. The van der Waals surface area contributed by atoms with Crippen LogP contribution in [0.5, 0.6) is 0 Å². The molecule has 3 fully saturated rings. The zero-order chi connectivity index (χ0) is 36.3. The normalized spacial score (nSPS) is 19.5. The molecule has 3 saturated carbocycles. The van der Waals surface area contributed by atoms with E-state index in [9.17, 15) is 0 Å². The van der Waals surface area contributed by atoms with Crippen molar-refractivity contribution in [2.24, 2.45) is 0 Å². The third-order valence-corrected chi connectivity index (χ3v) is 56.7. The quantitative estimate of drug-likeness (QED) is 0.0438. The minimum atomic E-state index is -3.34. The van der Waals surface area contributed by atoms with Crippen molar-refractivity contribution in [3.8, 4) is 0 Å². The summed E-state index contributed by atoms with van der Waals surface area (Å²) in [6.07, 6.45) is 57.7. The van der Waals surface area contributed by atoms with Gasteiger partial charge in [0.15, 0.2) is 0 Å². The standard InChI is InChI=1S/C28H60P.3C6H11.BrH.ClH.Sn/c1-5-9-13-14-15-16-17-18-19-20-21-22-23-24-28-29(25-10-6-2,26-11-7-3)27-12-8-4;3*1-2-4-6-5-3-1;;;/h5-28H2,1-4H3;3*1H,2-6H2;2*1H;/q+1;;;;;;+1/p-2. The fourth-order valence-corrected chi connectivity index (χ4v) is 48.2. The Labute approximate surface area is 329 Å². The first-order valence-corrected chi connectivity index (χ1v) is 41.3. The summed E-state index contributed by atoms with van der Waals surface area (Å²) in [5.41, 5.74) is 0. The first-order chi connectivity index (χ1) is 24.4. The molecule has 0 aromatic carbocycles. The van der Waals surface area contributed by atoms with Crippen molar-refractivity contribution >= 4 is 42.5 Å². The summed E-state index contributed by atoms with van der Waals surface area (Å²) in [7, 11) is 7.33.